The van der Waals surface area contributed by atoms with E-state index >= 15 is 0 Å². The molecule has 0 aromatic heterocycles. The molecule has 5 nitrogen and oxygen atoms in total. The van der Waals surface area contributed by atoms with E-state index < -0.39 is 12.7 Å². The Hall–Kier alpha value is -0.280. The van der Waals surface area contributed by atoms with Gasteiger partial charge in [-0.3, -0.25) is 9.69 Å². The van der Waals surface area contributed by atoms with Crippen LogP contribution in [0.1, 0.15) is 0 Å². The Labute approximate surface area is 135 Å². The number of halogens is 5. The SMILES string of the molecule is COCCNCC(=O)N1CCN(CC(F)(F)F)CC1.Cl.Cl. The van der Waals surface area contributed by atoms with E-state index in [2.05, 4.69) is 5.32 Å². The second-order valence-electron chi connectivity index (χ2n) is 4.44. The summed E-state index contributed by atoms with van der Waals surface area (Å²) in [6.07, 6.45) is -4.17. The van der Waals surface area contributed by atoms with Crippen LogP contribution in [0.5, 0.6) is 0 Å². The van der Waals surface area contributed by atoms with Crippen LogP contribution in [-0.4, -0.2) is 81.4 Å². The molecule has 10 heteroatoms. The molecule has 0 bridgehead atoms. The molecule has 0 unspecified atom stereocenters. The molecule has 0 aromatic carbocycles. The lowest BCUT2D eigenvalue weighted by Gasteiger charge is -2.35. The van der Waals surface area contributed by atoms with Crippen molar-refractivity contribution in [3.05, 3.63) is 0 Å². The highest BCUT2D eigenvalue weighted by molar-refractivity contribution is 5.85. The number of carbonyl (C=O) groups is 1. The summed E-state index contributed by atoms with van der Waals surface area (Å²) in [5, 5.41) is 2.92. The van der Waals surface area contributed by atoms with Crippen molar-refractivity contribution in [2.24, 2.45) is 0 Å². The molecule has 1 heterocycles. The monoisotopic (exact) mass is 355 g/mol. The number of carbonyl (C=O) groups excluding carboxylic acids is 1. The molecule has 0 aromatic rings. The lowest BCUT2D eigenvalue weighted by Crippen LogP contribution is -2.52. The second kappa shape index (κ2) is 11.3. The molecule has 0 radical (unpaired) electrons. The van der Waals surface area contributed by atoms with Crippen molar-refractivity contribution >= 4 is 30.7 Å². The molecule has 1 N–H and O–H groups in total. The molecule has 1 saturated heterocycles. The number of hydrogen-bond acceptors (Lipinski definition) is 4. The molecule has 1 aliphatic heterocycles. The summed E-state index contributed by atoms with van der Waals surface area (Å²) in [5.74, 6) is -0.0808. The van der Waals surface area contributed by atoms with Gasteiger partial charge < -0.3 is 15.0 Å². The molecule has 1 rings (SSSR count). The first-order chi connectivity index (χ1) is 8.92. The summed E-state index contributed by atoms with van der Waals surface area (Å²) in [6.45, 7) is 1.63. The Morgan fingerprint density at radius 1 is 1.19 bits per heavy atom. The fourth-order valence-corrected chi connectivity index (χ4v) is 1.89. The van der Waals surface area contributed by atoms with E-state index in [4.69, 9.17) is 4.74 Å². The van der Waals surface area contributed by atoms with Gasteiger partial charge in [0, 0.05) is 39.8 Å². The van der Waals surface area contributed by atoms with E-state index in [-0.39, 0.29) is 50.4 Å². The third-order valence-corrected chi connectivity index (χ3v) is 2.89. The number of piperazine rings is 1. The fourth-order valence-electron chi connectivity index (χ4n) is 1.89. The van der Waals surface area contributed by atoms with Gasteiger partial charge in [-0.25, -0.2) is 0 Å². The molecule has 1 amide bonds. The third kappa shape index (κ3) is 10.1. The Morgan fingerprint density at radius 2 is 1.76 bits per heavy atom. The molecular weight excluding hydrogens is 334 g/mol. The normalized spacial score (nSPS) is 16.1. The number of amides is 1. The quantitative estimate of drug-likeness (QED) is 0.715. The number of methoxy groups -OCH3 is 1. The molecule has 0 spiro atoms. The van der Waals surface area contributed by atoms with Gasteiger partial charge in [0.05, 0.1) is 19.7 Å². The van der Waals surface area contributed by atoms with Crippen molar-refractivity contribution < 1.29 is 22.7 Å². The van der Waals surface area contributed by atoms with Crippen molar-refractivity contribution in [3.63, 3.8) is 0 Å². The van der Waals surface area contributed by atoms with Gasteiger partial charge >= 0.3 is 6.18 Å². The molecule has 1 aliphatic rings. The molecule has 0 atom stereocenters. The maximum absolute atomic E-state index is 12.2. The van der Waals surface area contributed by atoms with Crippen LogP contribution in [0.25, 0.3) is 0 Å². The van der Waals surface area contributed by atoms with Crippen LogP contribution in [0.15, 0.2) is 0 Å². The lowest BCUT2D eigenvalue weighted by atomic mass is 10.3. The van der Waals surface area contributed by atoms with Crippen LogP contribution < -0.4 is 5.32 Å². The predicted octanol–water partition coefficient (Wildman–Crippen LogP) is 0.773. The molecule has 0 saturated carbocycles. The van der Waals surface area contributed by atoms with Crippen LogP contribution in [0.3, 0.4) is 0 Å². The maximum Gasteiger partial charge on any atom is 0.401 e. The van der Waals surface area contributed by atoms with E-state index in [1.54, 1.807) is 12.0 Å². The van der Waals surface area contributed by atoms with Gasteiger partial charge in [-0.15, -0.1) is 24.8 Å². The van der Waals surface area contributed by atoms with Crippen LogP contribution in [-0.2, 0) is 9.53 Å². The minimum atomic E-state index is -4.17. The van der Waals surface area contributed by atoms with Crippen LogP contribution in [0.2, 0.25) is 0 Å². The highest BCUT2D eigenvalue weighted by Gasteiger charge is 2.32. The number of hydrogen-bond donors (Lipinski definition) is 1. The van der Waals surface area contributed by atoms with Crippen LogP contribution >= 0.6 is 24.8 Å². The summed E-state index contributed by atoms with van der Waals surface area (Å²) < 4.78 is 41.4. The topological polar surface area (TPSA) is 44.8 Å². The van der Waals surface area contributed by atoms with Gasteiger partial charge in [0.25, 0.3) is 0 Å². The maximum atomic E-state index is 12.2. The molecule has 0 aliphatic carbocycles. The first-order valence-electron chi connectivity index (χ1n) is 6.19. The molecule has 1 fully saturated rings. The first-order valence-corrected chi connectivity index (χ1v) is 6.19. The summed E-state index contributed by atoms with van der Waals surface area (Å²) >= 11 is 0. The van der Waals surface area contributed by atoms with Crippen molar-refractivity contribution in [2.45, 2.75) is 6.18 Å². The Balaban J connectivity index is 0. The van der Waals surface area contributed by atoms with E-state index in [0.29, 0.717) is 26.2 Å². The zero-order valence-electron chi connectivity index (χ0n) is 11.8. The highest BCUT2D eigenvalue weighted by atomic mass is 35.5. The summed E-state index contributed by atoms with van der Waals surface area (Å²) in [4.78, 5) is 14.6. The Bertz CT molecular complexity index is 288. The van der Waals surface area contributed by atoms with Gasteiger partial charge in [-0.1, -0.05) is 0 Å². The van der Waals surface area contributed by atoms with Gasteiger partial charge in [0.2, 0.25) is 5.91 Å². The smallest absolute Gasteiger partial charge is 0.383 e. The van der Waals surface area contributed by atoms with Crippen molar-refractivity contribution in [1.29, 1.82) is 0 Å². The second-order valence-corrected chi connectivity index (χ2v) is 4.44. The highest BCUT2D eigenvalue weighted by Crippen LogP contribution is 2.17. The number of nitrogens with one attached hydrogen (secondary N) is 1. The molecule has 21 heavy (non-hydrogen) atoms. The van der Waals surface area contributed by atoms with E-state index in [1.807, 2.05) is 0 Å². The van der Waals surface area contributed by atoms with Crippen molar-refractivity contribution in [1.82, 2.24) is 15.1 Å². The minimum Gasteiger partial charge on any atom is -0.383 e. The first kappa shape index (κ1) is 23.0. The Morgan fingerprint density at radius 3 is 2.24 bits per heavy atom. The predicted molar refractivity (Wildman–Crippen MR) is 78.3 cm³/mol. The van der Waals surface area contributed by atoms with Crippen molar-refractivity contribution in [2.75, 3.05) is 59.5 Å². The number of nitrogens with zero attached hydrogens (tertiary/aromatic N) is 2. The van der Waals surface area contributed by atoms with Gasteiger partial charge in [0.15, 0.2) is 0 Å². The van der Waals surface area contributed by atoms with E-state index in [0.717, 1.165) is 0 Å². The van der Waals surface area contributed by atoms with Crippen LogP contribution in [0, 0.1) is 0 Å². The molecule has 128 valence electrons. The minimum absolute atomic E-state index is 0. The lowest BCUT2D eigenvalue weighted by molar-refractivity contribution is -0.151. The van der Waals surface area contributed by atoms with E-state index in [1.165, 1.54) is 4.90 Å². The van der Waals surface area contributed by atoms with Gasteiger partial charge in [-0.2, -0.15) is 13.2 Å². The Kier molecular flexibility index (Phi) is 12.4. The van der Waals surface area contributed by atoms with Crippen molar-refractivity contribution in [3.8, 4) is 0 Å². The summed E-state index contributed by atoms with van der Waals surface area (Å²) in [6, 6.07) is 0. The zero-order valence-corrected chi connectivity index (χ0v) is 13.5. The van der Waals surface area contributed by atoms with Gasteiger partial charge in [0.1, 0.15) is 0 Å². The zero-order chi connectivity index (χ0) is 14.3. The summed E-state index contributed by atoms with van der Waals surface area (Å²) in [5.41, 5.74) is 0. The number of ether oxygens (including phenoxy) is 1. The largest absolute Gasteiger partial charge is 0.401 e. The number of rotatable bonds is 6. The molecular formula is C11H22Cl2F3N3O2. The van der Waals surface area contributed by atoms with E-state index in [9.17, 15) is 18.0 Å². The standard InChI is InChI=1S/C11H20F3N3O2.2ClH/c1-19-7-2-15-8-10(18)17-5-3-16(4-6-17)9-11(12,13)14;;/h15H,2-9H2,1H3;2*1H. The fraction of sp³-hybridized carbons (Fsp3) is 0.909. The average Bonchev–Trinajstić information content (AvgIpc) is 2.33. The van der Waals surface area contributed by atoms with Crippen LogP contribution in [0.4, 0.5) is 13.2 Å². The summed E-state index contributed by atoms with van der Waals surface area (Å²) in [7, 11) is 1.57. The number of alkyl halides is 3. The third-order valence-electron chi connectivity index (χ3n) is 2.89. The van der Waals surface area contributed by atoms with Gasteiger partial charge in [-0.05, 0) is 0 Å². The average molecular weight is 356 g/mol.